The summed E-state index contributed by atoms with van der Waals surface area (Å²) in [5.41, 5.74) is 0. The van der Waals surface area contributed by atoms with Gasteiger partial charge in [-0.1, -0.05) is 0 Å². The van der Waals surface area contributed by atoms with Gasteiger partial charge in [-0.15, -0.1) is 10.1 Å². The third-order valence-corrected chi connectivity index (χ3v) is 0.642. The number of rotatable bonds is 4. The van der Waals surface area contributed by atoms with Gasteiger partial charge in [0.25, 0.3) is 5.09 Å². The van der Waals surface area contributed by atoms with E-state index in [1.807, 2.05) is 0 Å². The molecule has 0 aliphatic heterocycles. The van der Waals surface area contributed by atoms with E-state index in [2.05, 4.69) is 4.84 Å². The van der Waals surface area contributed by atoms with Crippen LogP contribution in [0, 0.1) is 51.9 Å². The summed E-state index contributed by atoms with van der Waals surface area (Å²) in [7, 11) is 0. The molecule has 55 valence electrons. The number of nitrogens with zero attached hydrogens (tertiary/aromatic N) is 1. The summed E-state index contributed by atoms with van der Waals surface area (Å²) in [5, 5.41) is 24.8. The van der Waals surface area contributed by atoms with Crippen molar-refractivity contribution in [1.82, 2.24) is 0 Å². The van der Waals surface area contributed by atoms with Crippen LogP contribution in [0.4, 0.5) is 0 Å². The van der Waals surface area contributed by atoms with Crippen LogP contribution in [0.25, 0.3) is 0 Å². The van der Waals surface area contributed by atoms with Crippen molar-refractivity contribution < 1.29 is 61.9 Å². The van der Waals surface area contributed by atoms with E-state index in [1.165, 1.54) is 0 Å². The molecule has 0 aromatic rings. The molecule has 0 saturated carbocycles. The van der Waals surface area contributed by atoms with Crippen molar-refractivity contribution in [1.29, 1.82) is 0 Å². The third kappa shape index (κ3) is 6.61. The summed E-state index contributed by atoms with van der Waals surface area (Å²) in [6.45, 7) is -1.12. The summed E-state index contributed by atoms with van der Waals surface area (Å²) in [5.74, 6) is 0. The van der Waals surface area contributed by atoms with Gasteiger partial charge in [0.2, 0.25) is 0 Å². The van der Waals surface area contributed by atoms with Gasteiger partial charge < -0.3 is 15.1 Å². The molecule has 0 atom stereocenters. The van der Waals surface area contributed by atoms with Gasteiger partial charge in [0.05, 0.1) is 13.2 Å². The first-order chi connectivity index (χ1) is 4.20. The van der Waals surface area contributed by atoms with E-state index in [1.54, 1.807) is 0 Å². The molecule has 2 N–H and O–H groups in total. The van der Waals surface area contributed by atoms with Crippen LogP contribution in [-0.4, -0.2) is 34.6 Å². The van der Waals surface area contributed by atoms with Gasteiger partial charge >= 0.3 is 41.7 Å². The molecule has 0 unspecified atom stereocenters. The molecule has 10 heavy (non-hydrogen) atoms. The Hall–Kier alpha value is 0.497. The molecule has 0 saturated heterocycles. The van der Waals surface area contributed by atoms with E-state index in [0.29, 0.717) is 0 Å². The van der Waals surface area contributed by atoms with Gasteiger partial charge in [0.1, 0.15) is 0 Å². The molecule has 0 aliphatic rings. The summed E-state index contributed by atoms with van der Waals surface area (Å²) < 4.78 is 0. The van der Waals surface area contributed by atoms with Crippen molar-refractivity contribution in [3.05, 3.63) is 10.1 Å². The Kier molecular flexibility index (Phi) is 9.97. The second-order valence-electron chi connectivity index (χ2n) is 1.32. The molecule has 7 heteroatoms. The molecular weight excluding hydrogens is 270 g/mol. The first-order valence-corrected chi connectivity index (χ1v) is 2.23. The average Bonchev–Trinajstić information content (AvgIpc) is 1.82. The van der Waals surface area contributed by atoms with Crippen LogP contribution >= 0.6 is 0 Å². The molecular formula is C3H7CeNO5+3. The molecule has 0 aliphatic carbocycles. The number of hydrogen-bond donors (Lipinski definition) is 2. The predicted molar refractivity (Wildman–Crippen MR) is 26.0 cm³/mol. The van der Waals surface area contributed by atoms with Crippen molar-refractivity contribution in [3.63, 3.8) is 0 Å². The van der Waals surface area contributed by atoms with E-state index in [-0.39, 0.29) is 41.7 Å². The molecule has 0 spiro atoms. The topological polar surface area (TPSA) is 92.8 Å². The Balaban J connectivity index is 0. The second-order valence-corrected chi connectivity index (χ2v) is 1.32. The maximum Gasteiger partial charge on any atom is 3.00 e. The van der Waals surface area contributed by atoms with Crippen molar-refractivity contribution in [3.8, 4) is 0 Å². The second kappa shape index (κ2) is 7.60. The van der Waals surface area contributed by atoms with E-state index < -0.39 is 24.4 Å². The van der Waals surface area contributed by atoms with Crippen LogP contribution < -0.4 is 0 Å². The van der Waals surface area contributed by atoms with Gasteiger partial charge in [-0.3, -0.25) is 0 Å². The van der Waals surface area contributed by atoms with Crippen molar-refractivity contribution in [2.75, 3.05) is 13.2 Å². The van der Waals surface area contributed by atoms with Crippen LogP contribution in [-0.2, 0) is 4.84 Å². The van der Waals surface area contributed by atoms with Crippen LogP contribution in [0.5, 0.6) is 0 Å². The van der Waals surface area contributed by atoms with Crippen molar-refractivity contribution in [2.24, 2.45) is 0 Å². The monoisotopic (exact) mass is 277 g/mol. The first kappa shape index (κ1) is 13.1. The number of hydrogen-bond acceptors (Lipinski definition) is 5. The molecule has 0 amide bonds. The first-order valence-electron chi connectivity index (χ1n) is 2.23. The minimum absolute atomic E-state index is 0. The Morgan fingerprint density at radius 3 is 2.00 bits per heavy atom. The summed E-state index contributed by atoms with van der Waals surface area (Å²) >= 11 is 0. The zero-order valence-electron chi connectivity index (χ0n) is 5.06. The molecule has 1 radical (unpaired) electrons. The molecule has 0 bridgehead atoms. The van der Waals surface area contributed by atoms with Gasteiger partial charge in [0, 0.05) is 0 Å². The van der Waals surface area contributed by atoms with E-state index in [4.69, 9.17) is 10.2 Å². The smallest absolute Gasteiger partial charge is 0.394 e. The standard InChI is InChI=1S/C3H7NO5.Ce/c5-1-3(2-6)9-4(7)8;/h3,5-6H,1-2H2;/q;+3. The van der Waals surface area contributed by atoms with Crippen LogP contribution in [0.2, 0.25) is 0 Å². The van der Waals surface area contributed by atoms with Gasteiger partial charge in [-0.25, -0.2) is 0 Å². The van der Waals surface area contributed by atoms with Gasteiger partial charge in [-0.05, 0) is 0 Å². The quantitative estimate of drug-likeness (QED) is 0.484. The summed E-state index contributed by atoms with van der Waals surface area (Å²) in [6.07, 6.45) is -1.11. The zero-order valence-corrected chi connectivity index (χ0v) is 8.20. The third-order valence-electron chi connectivity index (χ3n) is 0.642. The minimum Gasteiger partial charge on any atom is -0.394 e. The molecule has 0 fully saturated rings. The number of aliphatic hydroxyl groups excluding tert-OH is 2. The Bertz CT molecular complexity index is 94.9. The SMILES string of the molecule is O=[N+]([O-])OC(CO)CO.[Ce+3]. The maximum atomic E-state index is 9.49. The Morgan fingerprint density at radius 2 is 1.90 bits per heavy atom. The van der Waals surface area contributed by atoms with E-state index >= 15 is 0 Å². The molecule has 0 aromatic carbocycles. The minimum atomic E-state index is -1.11. The van der Waals surface area contributed by atoms with Gasteiger partial charge in [0.15, 0.2) is 6.10 Å². The summed E-state index contributed by atoms with van der Waals surface area (Å²) in [6, 6.07) is 0. The van der Waals surface area contributed by atoms with E-state index in [9.17, 15) is 10.1 Å². The van der Waals surface area contributed by atoms with Crippen LogP contribution in [0.3, 0.4) is 0 Å². The molecule has 0 heterocycles. The molecule has 0 aromatic heterocycles. The fraction of sp³-hybridized carbons (Fsp3) is 1.00. The summed E-state index contributed by atoms with van der Waals surface area (Å²) in [4.78, 5) is 13.3. The van der Waals surface area contributed by atoms with Gasteiger partial charge in [-0.2, -0.15) is 0 Å². The predicted octanol–water partition coefficient (Wildman–Crippen LogP) is -1.45. The van der Waals surface area contributed by atoms with Crippen LogP contribution in [0.15, 0.2) is 0 Å². The Morgan fingerprint density at radius 1 is 1.50 bits per heavy atom. The average molecular weight is 277 g/mol. The van der Waals surface area contributed by atoms with Crippen LogP contribution in [0.1, 0.15) is 0 Å². The normalized spacial score (nSPS) is 8.70. The Labute approximate surface area is 90.7 Å². The zero-order chi connectivity index (χ0) is 7.28. The maximum absolute atomic E-state index is 9.49. The fourth-order valence-electron chi connectivity index (χ4n) is 0.246. The molecule has 6 nitrogen and oxygen atoms in total. The fourth-order valence-corrected chi connectivity index (χ4v) is 0.246. The van der Waals surface area contributed by atoms with Crippen molar-refractivity contribution >= 4 is 0 Å². The largest absolute Gasteiger partial charge is 3.00 e. The molecule has 0 rings (SSSR count). The van der Waals surface area contributed by atoms with Crippen molar-refractivity contribution in [2.45, 2.75) is 6.10 Å². The van der Waals surface area contributed by atoms with E-state index in [0.717, 1.165) is 0 Å². The number of aliphatic hydroxyl groups is 2.